The predicted octanol–water partition coefficient (Wildman–Crippen LogP) is 1.28. The zero-order valence-electron chi connectivity index (χ0n) is 10.7. The number of amides is 2. The molecule has 2 amide bonds. The first-order chi connectivity index (χ1) is 8.99. The van der Waals surface area contributed by atoms with Gasteiger partial charge in [0.2, 0.25) is 0 Å². The molecule has 1 atom stereocenters. The quantitative estimate of drug-likeness (QED) is 0.832. The molecule has 1 aromatic rings. The minimum Gasteiger partial charge on any atom is -0.447 e. The highest BCUT2D eigenvalue weighted by Gasteiger charge is 2.35. The van der Waals surface area contributed by atoms with Crippen LogP contribution in [-0.2, 0) is 9.53 Å². The summed E-state index contributed by atoms with van der Waals surface area (Å²) < 4.78 is 4.77. The molecule has 1 saturated heterocycles. The molecule has 1 aliphatic heterocycles. The monoisotopic (exact) mass is 262 g/mol. The number of likely N-dealkylation sites (N-methyl/N-ethyl adjacent to an activating group) is 1. The Kier molecular flexibility index (Phi) is 3.50. The minimum atomic E-state index is -0.645. The summed E-state index contributed by atoms with van der Waals surface area (Å²) in [6.45, 7) is 1.49. The number of carbonyl (C=O) groups excluding carboxylic acids is 3. The average molecular weight is 262 g/mol. The SMILES string of the molecule is CC(=O)c1cccc(NC(=O)C2COC(=O)N2C)c1. The van der Waals surface area contributed by atoms with Crippen molar-refractivity contribution in [2.45, 2.75) is 13.0 Å². The molecular formula is C13H14N2O4. The number of hydrogen-bond donors (Lipinski definition) is 1. The van der Waals surface area contributed by atoms with Crippen molar-refractivity contribution in [2.75, 3.05) is 19.0 Å². The van der Waals surface area contributed by atoms with Crippen molar-refractivity contribution in [3.63, 3.8) is 0 Å². The zero-order valence-corrected chi connectivity index (χ0v) is 10.7. The zero-order chi connectivity index (χ0) is 14.0. The van der Waals surface area contributed by atoms with Gasteiger partial charge in [0.1, 0.15) is 12.6 Å². The number of hydrogen-bond acceptors (Lipinski definition) is 4. The van der Waals surface area contributed by atoms with Crippen LogP contribution in [0.1, 0.15) is 17.3 Å². The van der Waals surface area contributed by atoms with E-state index in [2.05, 4.69) is 5.32 Å². The Morgan fingerprint density at radius 3 is 2.74 bits per heavy atom. The van der Waals surface area contributed by atoms with E-state index in [4.69, 9.17) is 4.74 Å². The molecule has 100 valence electrons. The number of carbonyl (C=O) groups is 3. The lowest BCUT2D eigenvalue weighted by molar-refractivity contribution is -0.119. The van der Waals surface area contributed by atoms with E-state index in [0.717, 1.165) is 0 Å². The van der Waals surface area contributed by atoms with Gasteiger partial charge in [0, 0.05) is 18.3 Å². The third kappa shape index (κ3) is 2.73. The van der Waals surface area contributed by atoms with Gasteiger partial charge < -0.3 is 10.1 Å². The second kappa shape index (κ2) is 5.09. The van der Waals surface area contributed by atoms with Crippen molar-refractivity contribution in [2.24, 2.45) is 0 Å². The van der Waals surface area contributed by atoms with Crippen molar-refractivity contribution in [3.8, 4) is 0 Å². The van der Waals surface area contributed by atoms with E-state index in [9.17, 15) is 14.4 Å². The molecule has 6 nitrogen and oxygen atoms in total. The predicted molar refractivity (Wildman–Crippen MR) is 68.0 cm³/mol. The van der Waals surface area contributed by atoms with Crippen LogP contribution in [0, 0.1) is 0 Å². The number of nitrogens with zero attached hydrogens (tertiary/aromatic N) is 1. The summed E-state index contributed by atoms with van der Waals surface area (Å²) in [7, 11) is 1.51. The van der Waals surface area contributed by atoms with Crippen LogP contribution in [0.4, 0.5) is 10.5 Å². The molecule has 0 aliphatic carbocycles. The summed E-state index contributed by atoms with van der Waals surface area (Å²) >= 11 is 0. The molecule has 0 radical (unpaired) electrons. The maximum atomic E-state index is 12.0. The summed E-state index contributed by atoms with van der Waals surface area (Å²) in [6.07, 6.45) is -0.516. The lowest BCUT2D eigenvalue weighted by Gasteiger charge is -2.15. The molecule has 19 heavy (non-hydrogen) atoms. The van der Waals surface area contributed by atoms with Crippen molar-refractivity contribution in [3.05, 3.63) is 29.8 Å². The van der Waals surface area contributed by atoms with E-state index in [1.807, 2.05) is 0 Å². The van der Waals surface area contributed by atoms with E-state index in [0.29, 0.717) is 11.3 Å². The summed E-state index contributed by atoms with van der Waals surface area (Å²) in [5.41, 5.74) is 1.04. The molecule has 1 N–H and O–H groups in total. The third-order valence-corrected chi connectivity index (χ3v) is 2.96. The van der Waals surface area contributed by atoms with Gasteiger partial charge in [-0.2, -0.15) is 0 Å². The Morgan fingerprint density at radius 2 is 2.16 bits per heavy atom. The second-order valence-corrected chi connectivity index (χ2v) is 4.33. The van der Waals surface area contributed by atoms with Gasteiger partial charge in [0.05, 0.1) is 0 Å². The lowest BCUT2D eigenvalue weighted by atomic mass is 10.1. The standard InChI is InChI=1S/C13H14N2O4/c1-8(16)9-4-3-5-10(6-9)14-12(17)11-7-19-13(18)15(11)2/h3-6,11H,7H2,1-2H3,(H,14,17). The highest BCUT2D eigenvalue weighted by molar-refractivity contribution is 5.99. The highest BCUT2D eigenvalue weighted by Crippen LogP contribution is 2.15. The summed E-state index contributed by atoms with van der Waals surface area (Å²) in [6, 6.07) is 5.99. The second-order valence-electron chi connectivity index (χ2n) is 4.33. The van der Waals surface area contributed by atoms with Gasteiger partial charge in [0.15, 0.2) is 5.78 Å². The Labute approximate surface area is 110 Å². The fourth-order valence-electron chi connectivity index (χ4n) is 1.78. The summed E-state index contributed by atoms with van der Waals surface area (Å²) in [4.78, 5) is 35.6. The van der Waals surface area contributed by atoms with Crippen molar-refractivity contribution < 1.29 is 19.1 Å². The molecule has 0 aromatic heterocycles. The van der Waals surface area contributed by atoms with Gasteiger partial charge in [-0.15, -0.1) is 0 Å². The largest absolute Gasteiger partial charge is 0.447 e. The molecule has 1 aromatic carbocycles. The highest BCUT2D eigenvalue weighted by atomic mass is 16.6. The Hall–Kier alpha value is -2.37. The molecule has 1 unspecified atom stereocenters. The smallest absolute Gasteiger partial charge is 0.410 e. The van der Waals surface area contributed by atoms with Crippen LogP contribution in [0.5, 0.6) is 0 Å². The topological polar surface area (TPSA) is 75.7 Å². The van der Waals surface area contributed by atoms with E-state index in [1.54, 1.807) is 24.3 Å². The van der Waals surface area contributed by atoms with Crippen LogP contribution < -0.4 is 5.32 Å². The molecule has 0 saturated carbocycles. The van der Waals surface area contributed by atoms with E-state index in [1.165, 1.54) is 18.9 Å². The number of cyclic esters (lactones) is 1. The number of anilines is 1. The normalized spacial score (nSPS) is 18.1. The van der Waals surface area contributed by atoms with Crippen molar-refractivity contribution >= 4 is 23.5 Å². The number of Topliss-reactive ketones (excluding diaryl/α,β-unsaturated/α-hetero) is 1. The van der Waals surface area contributed by atoms with Gasteiger partial charge >= 0.3 is 6.09 Å². The fraction of sp³-hybridized carbons (Fsp3) is 0.308. The van der Waals surface area contributed by atoms with E-state index >= 15 is 0 Å². The number of benzene rings is 1. The minimum absolute atomic E-state index is 0.0353. The number of ketones is 1. The van der Waals surface area contributed by atoms with Gasteiger partial charge in [-0.25, -0.2) is 4.79 Å². The number of nitrogens with one attached hydrogen (secondary N) is 1. The van der Waals surface area contributed by atoms with E-state index in [-0.39, 0.29) is 18.3 Å². The van der Waals surface area contributed by atoms with Crippen LogP contribution in [-0.4, -0.2) is 42.4 Å². The van der Waals surface area contributed by atoms with Crippen LogP contribution >= 0.6 is 0 Å². The Balaban J connectivity index is 2.09. The van der Waals surface area contributed by atoms with Crippen molar-refractivity contribution in [1.82, 2.24) is 4.90 Å². The average Bonchev–Trinajstić information content (AvgIpc) is 2.70. The van der Waals surface area contributed by atoms with Crippen molar-refractivity contribution in [1.29, 1.82) is 0 Å². The molecule has 1 fully saturated rings. The Bertz CT molecular complexity index is 541. The molecular weight excluding hydrogens is 248 g/mol. The fourth-order valence-corrected chi connectivity index (χ4v) is 1.78. The maximum absolute atomic E-state index is 12.0. The maximum Gasteiger partial charge on any atom is 0.410 e. The van der Waals surface area contributed by atoms with Gasteiger partial charge in [-0.05, 0) is 19.1 Å². The number of ether oxygens (including phenoxy) is 1. The molecule has 1 heterocycles. The molecule has 0 spiro atoms. The Morgan fingerprint density at radius 1 is 1.42 bits per heavy atom. The lowest BCUT2D eigenvalue weighted by Crippen LogP contribution is -2.40. The third-order valence-electron chi connectivity index (χ3n) is 2.96. The summed E-state index contributed by atoms with van der Waals surface area (Å²) in [5, 5.41) is 2.67. The first kappa shape index (κ1) is 13.1. The van der Waals surface area contributed by atoms with Crippen LogP contribution in [0.3, 0.4) is 0 Å². The number of rotatable bonds is 3. The molecule has 2 rings (SSSR count). The van der Waals surface area contributed by atoms with Gasteiger partial charge in [0.25, 0.3) is 5.91 Å². The van der Waals surface area contributed by atoms with Crippen LogP contribution in [0.15, 0.2) is 24.3 Å². The molecule has 1 aliphatic rings. The van der Waals surface area contributed by atoms with Crippen LogP contribution in [0.2, 0.25) is 0 Å². The van der Waals surface area contributed by atoms with Crippen LogP contribution in [0.25, 0.3) is 0 Å². The van der Waals surface area contributed by atoms with Gasteiger partial charge in [-0.3, -0.25) is 14.5 Å². The van der Waals surface area contributed by atoms with Gasteiger partial charge in [-0.1, -0.05) is 12.1 Å². The summed E-state index contributed by atoms with van der Waals surface area (Å²) in [5.74, 6) is -0.415. The van der Waals surface area contributed by atoms with E-state index < -0.39 is 12.1 Å². The molecule has 0 bridgehead atoms. The first-order valence-corrected chi connectivity index (χ1v) is 5.80. The molecule has 6 heteroatoms. The first-order valence-electron chi connectivity index (χ1n) is 5.80.